The minimum Gasteiger partial charge on any atom is -0.494 e. The van der Waals surface area contributed by atoms with Crippen LogP contribution in [-0.4, -0.2) is 24.7 Å². The van der Waals surface area contributed by atoms with E-state index in [0.29, 0.717) is 13.2 Å². The number of hydrogen-bond acceptors (Lipinski definition) is 3. The Balaban J connectivity index is 1.72. The van der Waals surface area contributed by atoms with Crippen LogP contribution < -0.4 is 15.0 Å². The Morgan fingerprint density at radius 3 is 2.81 bits per heavy atom. The van der Waals surface area contributed by atoms with E-state index in [1.54, 1.807) is 0 Å². The van der Waals surface area contributed by atoms with Gasteiger partial charge in [-0.05, 0) is 41.8 Å². The SMILES string of the molecule is CCCOc1cccc(C=CC23NC(=O)CN2c2ccccc2C3(C)C)c1. The number of anilines is 1. The minimum atomic E-state index is -0.561. The Labute approximate surface area is 160 Å². The highest BCUT2D eigenvalue weighted by Gasteiger charge is 2.59. The molecule has 0 aliphatic carbocycles. The highest BCUT2D eigenvalue weighted by atomic mass is 16.5. The first-order valence-corrected chi connectivity index (χ1v) is 9.58. The standard InChI is InChI=1S/C23H26N2O2/c1-4-14-27-18-9-7-8-17(15-18)12-13-23-22(2,3)19-10-5-6-11-20(19)25(23)16-21(26)24-23/h5-13,15H,4,14,16H2,1-3H3,(H,24,26). The van der Waals surface area contributed by atoms with Gasteiger partial charge in [-0.3, -0.25) is 4.79 Å². The third-order valence-corrected chi connectivity index (χ3v) is 5.73. The normalized spacial score (nSPS) is 22.6. The zero-order valence-electron chi connectivity index (χ0n) is 16.2. The van der Waals surface area contributed by atoms with Crippen LogP contribution in [0.5, 0.6) is 5.75 Å². The van der Waals surface area contributed by atoms with Gasteiger partial charge in [-0.25, -0.2) is 0 Å². The van der Waals surface area contributed by atoms with E-state index in [9.17, 15) is 4.79 Å². The molecule has 140 valence electrons. The number of fused-ring (bicyclic) bond motifs is 3. The fourth-order valence-electron chi connectivity index (χ4n) is 4.28. The lowest BCUT2D eigenvalue weighted by Crippen LogP contribution is -2.58. The first-order valence-electron chi connectivity index (χ1n) is 9.58. The summed E-state index contributed by atoms with van der Waals surface area (Å²) in [4.78, 5) is 14.5. The molecule has 1 saturated heterocycles. The van der Waals surface area contributed by atoms with E-state index < -0.39 is 5.66 Å². The van der Waals surface area contributed by atoms with E-state index >= 15 is 0 Å². The summed E-state index contributed by atoms with van der Waals surface area (Å²) < 4.78 is 5.75. The molecule has 4 nitrogen and oxygen atoms in total. The molecule has 2 aliphatic rings. The van der Waals surface area contributed by atoms with Crippen molar-refractivity contribution in [1.29, 1.82) is 0 Å². The van der Waals surface area contributed by atoms with Crippen LogP contribution in [-0.2, 0) is 10.2 Å². The molecule has 1 fully saturated rings. The number of para-hydroxylation sites is 1. The lowest BCUT2D eigenvalue weighted by molar-refractivity contribution is -0.118. The number of amides is 1. The first kappa shape index (κ1) is 17.7. The molecule has 2 heterocycles. The molecule has 1 N–H and O–H groups in total. The van der Waals surface area contributed by atoms with E-state index in [1.807, 2.05) is 24.3 Å². The van der Waals surface area contributed by atoms with Crippen LogP contribution in [0, 0.1) is 0 Å². The van der Waals surface area contributed by atoms with Gasteiger partial charge in [-0.2, -0.15) is 0 Å². The van der Waals surface area contributed by atoms with Crippen molar-refractivity contribution in [3.63, 3.8) is 0 Å². The third-order valence-electron chi connectivity index (χ3n) is 5.73. The Morgan fingerprint density at radius 1 is 1.19 bits per heavy atom. The largest absolute Gasteiger partial charge is 0.494 e. The van der Waals surface area contributed by atoms with E-state index in [2.05, 4.69) is 67.4 Å². The molecular weight excluding hydrogens is 336 g/mol. The Morgan fingerprint density at radius 2 is 2.00 bits per heavy atom. The molecular formula is C23H26N2O2. The van der Waals surface area contributed by atoms with Gasteiger partial charge in [0.05, 0.1) is 13.2 Å². The quantitative estimate of drug-likeness (QED) is 0.870. The average molecular weight is 362 g/mol. The molecule has 1 unspecified atom stereocenters. The predicted molar refractivity (Wildman–Crippen MR) is 109 cm³/mol. The lowest BCUT2D eigenvalue weighted by atomic mass is 9.75. The summed E-state index contributed by atoms with van der Waals surface area (Å²) in [5.74, 6) is 0.931. The van der Waals surface area contributed by atoms with Crippen molar-refractivity contribution in [2.75, 3.05) is 18.1 Å². The maximum Gasteiger partial charge on any atom is 0.241 e. The maximum absolute atomic E-state index is 12.3. The number of carbonyl (C=O) groups is 1. The fraction of sp³-hybridized carbons (Fsp3) is 0.348. The van der Waals surface area contributed by atoms with Crippen molar-refractivity contribution < 1.29 is 9.53 Å². The lowest BCUT2D eigenvalue weighted by Gasteiger charge is -2.40. The van der Waals surface area contributed by atoms with Crippen LogP contribution >= 0.6 is 0 Å². The zero-order valence-corrected chi connectivity index (χ0v) is 16.2. The summed E-state index contributed by atoms with van der Waals surface area (Å²) in [6.07, 6.45) is 5.21. The van der Waals surface area contributed by atoms with E-state index in [1.165, 1.54) is 5.56 Å². The molecule has 0 radical (unpaired) electrons. The summed E-state index contributed by atoms with van der Waals surface area (Å²) in [6.45, 7) is 7.58. The monoisotopic (exact) mass is 362 g/mol. The first-order chi connectivity index (χ1) is 13.0. The molecule has 1 atom stereocenters. The molecule has 2 aromatic carbocycles. The van der Waals surface area contributed by atoms with Crippen LogP contribution in [0.15, 0.2) is 54.6 Å². The van der Waals surface area contributed by atoms with Gasteiger partial charge in [0.15, 0.2) is 0 Å². The number of rotatable bonds is 5. The minimum absolute atomic E-state index is 0.0576. The number of hydrogen-bond donors (Lipinski definition) is 1. The van der Waals surface area contributed by atoms with Crippen molar-refractivity contribution in [2.24, 2.45) is 0 Å². The van der Waals surface area contributed by atoms with Crippen molar-refractivity contribution >= 4 is 17.7 Å². The number of carbonyl (C=O) groups excluding carboxylic acids is 1. The van der Waals surface area contributed by atoms with Crippen LogP contribution in [0.1, 0.15) is 38.3 Å². The van der Waals surface area contributed by atoms with Gasteiger partial charge < -0.3 is 15.0 Å². The topological polar surface area (TPSA) is 41.6 Å². The molecule has 1 amide bonds. The van der Waals surface area contributed by atoms with Crippen molar-refractivity contribution in [2.45, 2.75) is 38.3 Å². The maximum atomic E-state index is 12.3. The summed E-state index contributed by atoms with van der Waals surface area (Å²) >= 11 is 0. The number of nitrogens with zero attached hydrogens (tertiary/aromatic N) is 1. The second-order valence-electron chi connectivity index (χ2n) is 7.80. The van der Waals surface area contributed by atoms with Crippen LogP contribution in [0.2, 0.25) is 0 Å². The van der Waals surface area contributed by atoms with Crippen molar-refractivity contribution in [3.05, 3.63) is 65.7 Å². The van der Waals surface area contributed by atoms with E-state index in [0.717, 1.165) is 23.4 Å². The Bertz CT molecular complexity index is 903. The molecule has 4 rings (SSSR count). The Kier molecular flexibility index (Phi) is 4.22. The number of benzene rings is 2. The summed E-state index contributed by atoms with van der Waals surface area (Å²) in [5, 5.41) is 3.25. The molecule has 2 aliphatic heterocycles. The second kappa shape index (κ2) is 6.45. The number of nitrogens with one attached hydrogen (secondary N) is 1. The molecule has 4 heteroatoms. The highest BCUT2D eigenvalue weighted by molar-refractivity contribution is 5.91. The Hall–Kier alpha value is -2.75. The molecule has 2 aromatic rings. The molecule has 0 saturated carbocycles. The van der Waals surface area contributed by atoms with Gasteiger partial charge in [0.25, 0.3) is 0 Å². The molecule has 27 heavy (non-hydrogen) atoms. The fourth-order valence-corrected chi connectivity index (χ4v) is 4.28. The average Bonchev–Trinajstić information content (AvgIpc) is 3.10. The van der Waals surface area contributed by atoms with Crippen LogP contribution in [0.3, 0.4) is 0 Å². The summed E-state index contributed by atoms with van der Waals surface area (Å²) in [5.41, 5.74) is 2.64. The third kappa shape index (κ3) is 2.71. The predicted octanol–water partition coefficient (Wildman–Crippen LogP) is 4.11. The zero-order chi connectivity index (χ0) is 19.1. The van der Waals surface area contributed by atoms with Gasteiger partial charge in [0.2, 0.25) is 5.91 Å². The van der Waals surface area contributed by atoms with Gasteiger partial charge in [0, 0.05) is 11.1 Å². The van der Waals surface area contributed by atoms with Gasteiger partial charge >= 0.3 is 0 Å². The van der Waals surface area contributed by atoms with Gasteiger partial charge in [-0.15, -0.1) is 0 Å². The summed E-state index contributed by atoms with van der Waals surface area (Å²) in [6, 6.07) is 16.4. The molecule has 0 aromatic heterocycles. The van der Waals surface area contributed by atoms with E-state index in [-0.39, 0.29) is 11.3 Å². The summed E-state index contributed by atoms with van der Waals surface area (Å²) in [7, 11) is 0. The van der Waals surface area contributed by atoms with Crippen LogP contribution in [0.4, 0.5) is 5.69 Å². The smallest absolute Gasteiger partial charge is 0.241 e. The van der Waals surface area contributed by atoms with E-state index in [4.69, 9.17) is 4.74 Å². The van der Waals surface area contributed by atoms with Crippen molar-refractivity contribution in [1.82, 2.24) is 5.32 Å². The van der Waals surface area contributed by atoms with Gasteiger partial charge in [0.1, 0.15) is 11.4 Å². The highest BCUT2D eigenvalue weighted by Crippen LogP contribution is 2.52. The number of ether oxygens (including phenoxy) is 1. The molecule has 0 bridgehead atoms. The van der Waals surface area contributed by atoms with Gasteiger partial charge in [-0.1, -0.05) is 57.2 Å². The van der Waals surface area contributed by atoms with Crippen molar-refractivity contribution in [3.8, 4) is 5.75 Å². The second-order valence-corrected chi connectivity index (χ2v) is 7.80. The van der Waals surface area contributed by atoms with Crippen LogP contribution in [0.25, 0.3) is 6.08 Å². The molecule has 0 spiro atoms.